The second-order valence-corrected chi connectivity index (χ2v) is 7.24. The summed E-state index contributed by atoms with van der Waals surface area (Å²) in [6, 6.07) is -0.250. The predicted octanol–water partition coefficient (Wildman–Crippen LogP) is 0.214. The summed E-state index contributed by atoms with van der Waals surface area (Å²) in [6.07, 6.45) is 4.61. The Kier molecular flexibility index (Phi) is 4.82. The first-order valence-corrected chi connectivity index (χ1v) is 8.75. The summed E-state index contributed by atoms with van der Waals surface area (Å²) >= 11 is 0. The van der Waals surface area contributed by atoms with E-state index >= 15 is 0 Å². The van der Waals surface area contributed by atoms with Crippen molar-refractivity contribution in [3.63, 3.8) is 0 Å². The topological polar surface area (TPSA) is 66.9 Å². The maximum atomic E-state index is 12.1. The van der Waals surface area contributed by atoms with Crippen molar-refractivity contribution in [2.45, 2.75) is 31.4 Å². The monoisotopic (exact) mass is 302 g/mol. The highest BCUT2D eigenvalue weighted by atomic mass is 32.2. The van der Waals surface area contributed by atoms with E-state index in [1.165, 1.54) is 10.6 Å². The molecule has 1 amide bonds. The zero-order valence-corrected chi connectivity index (χ0v) is 12.6. The highest BCUT2D eigenvalue weighted by Crippen LogP contribution is 2.25. The van der Waals surface area contributed by atoms with Gasteiger partial charge in [0.05, 0.1) is 25.0 Å². The quantitative estimate of drug-likeness (QED) is 0.697. The third-order valence-electron chi connectivity index (χ3n) is 3.87. The molecule has 0 spiro atoms. The van der Waals surface area contributed by atoms with Crippen LogP contribution in [0.2, 0.25) is 0 Å². The number of carbonyl (C=O) groups is 1. The predicted molar refractivity (Wildman–Crippen MR) is 75.7 cm³/mol. The Morgan fingerprint density at radius 3 is 2.85 bits per heavy atom. The van der Waals surface area contributed by atoms with Crippen LogP contribution < -0.4 is 0 Å². The summed E-state index contributed by atoms with van der Waals surface area (Å²) in [5, 5.41) is 0. The SMILES string of the molecule is C=CCCC(=O)N1CC[C@H]2OCCN(S(C)(=O)=O)[C@@H]2C1. The van der Waals surface area contributed by atoms with Gasteiger partial charge in [0.1, 0.15) is 0 Å². The fraction of sp³-hybridized carbons (Fsp3) is 0.769. The average Bonchev–Trinajstić information content (AvgIpc) is 2.42. The largest absolute Gasteiger partial charge is 0.375 e. The van der Waals surface area contributed by atoms with E-state index in [1.807, 2.05) is 0 Å². The van der Waals surface area contributed by atoms with E-state index < -0.39 is 10.0 Å². The minimum atomic E-state index is -3.26. The van der Waals surface area contributed by atoms with Crippen LogP contribution in [-0.2, 0) is 19.6 Å². The van der Waals surface area contributed by atoms with Gasteiger partial charge in [0, 0.05) is 26.1 Å². The zero-order chi connectivity index (χ0) is 14.8. The zero-order valence-electron chi connectivity index (χ0n) is 11.8. The van der Waals surface area contributed by atoms with Crippen LogP contribution in [0.25, 0.3) is 0 Å². The first kappa shape index (κ1) is 15.5. The second kappa shape index (κ2) is 6.24. The lowest BCUT2D eigenvalue weighted by atomic mass is 10.00. The number of rotatable bonds is 4. The molecule has 2 atom stereocenters. The molecular formula is C13H22N2O4S. The molecule has 0 bridgehead atoms. The third-order valence-corrected chi connectivity index (χ3v) is 5.18. The van der Waals surface area contributed by atoms with Gasteiger partial charge in [-0.3, -0.25) is 4.79 Å². The highest BCUT2D eigenvalue weighted by molar-refractivity contribution is 7.88. The van der Waals surface area contributed by atoms with Crippen LogP contribution in [-0.4, -0.2) is 68.2 Å². The number of nitrogens with zero attached hydrogens (tertiary/aromatic N) is 2. The molecule has 0 aromatic rings. The van der Waals surface area contributed by atoms with E-state index in [1.54, 1.807) is 11.0 Å². The number of allylic oxidation sites excluding steroid dienone is 1. The molecule has 2 aliphatic heterocycles. The van der Waals surface area contributed by atoms with Crippen LogP contribution in [0.4, 0.5) is 0 Å². The van der Waals surface area contributed by atoms with E-state index in [9.17, 15) is 13.2 Å². The van der Waals surface area contributed by atoms with Gasteiger partial charge in [0.15, 0.2) is 0 Å². The van der Waals surface area contributed by atoms with Gasteiger partial charge >= 0.3 is 0 Å². The molecule has 20 heavy (non-hydrogen) atoms. The van der Waals surface area contributed by atoms with Gasteiger partial charge in [-0.2, -0.15) is 4.31 Å². The lowest BCUT2D eigenvalue weighted by Gasteiger charge is -2.45. The molecular weight excluding hydrogens is 280 g/mol. The summed E-state index contributed by atoms with van der Waals surface area (Å²) in [7, 11) is -3.26. The standard InChI is InChI=1S/C13H22N2O4S/c1-3-4-5-13(16)14-7-6-12-11(10-14)15(8-9-19-12)20(2,17)18/h3,11-12H,1,4-10H2,2H3/t11-,12-/m1/s1. The second-order valence-electron chi connectivity index (χ2n) is 5.31. The van der Waals surface area contributed by atoms with Crippen LogP contribution in [0, 0.1) is 0 Å². The number of carbonyl (C=O) groups excluding carboxylic acids is 1. The Hall–Kier alpha value is -0.920. The summed E-state index contributed by atoms with van der Waals surface area (Å²) in [5.41, 5.74) is 0. The number of likely N-dealkylation sites (tertiary alicyclic amines) is 1. The summed E-state index contributed by atoms with van der Waals surface area (Å²) < 4.78 is 30.8. The van der Waals surface area contributed by atoms with E-state index in [0.29, 0.717) is 45.5 Å². The molecule has 0 saturated carbocycles. The molecule has 0 aromatic carbocycles. The Morgan fingerprint density at radius 2 is 2.20 bits per heavy atom. The van der Waals surface area contributed by atoms with Crippen molar-refractivity contribution < 1.29 is 17.9 Å². The van der Waals surface area contributed by atoms with E-state index in [2.05, 4.69) is 6.58 Å². The van der Waals surface area contributed by atoms with Crippen molar-refractivity contribution in [2.24, 2.45) is 0 Å². The number of morpholine rings is 1. The van der Waals surface area contributed by atoms with Gasteiger partial charge in [-0.15, -0.1) is 6.58 Å². The van der Waals surface area contributed by atoms with E-state index in [-0.39, 0.29) is 18.1 Å². The molecule has 2 rings (SSSR count). The van der Waals surface area contributed by atoms with E-state index in [0.717, 1.165) is 0 Å². The molecule has 2 heterocycles. The van der Waals surface area contributed by atoms with Crippen LogP contribution >= 0.6 is 0 Å². The lowest BCUT2D eigenvalue weighted by Crippen LogP contribution is -2.61. The number of piperidine rings is 1. The van der Waals surface area contributed by atoms with Crippen molar-refractivity contribution in [3.05, 3.63) is 12.7 Å². The molecule has 0 aromatic heterocycles. The van der Waals surface area contributed by atoms with Crippen molar-refractivity contribution in [3.8, 4) is 0 Å². The van der Waals surface area contributed by atoms with Gasteiger partial charge in [0.2, 0.25) is 15.9 Å². The summed E-state index contributed by atoms with van der Waals surface area (Å²) in [5.74, 6) is 0.0578. The number of ether oxygens (including phenoxy) is 1. The summed E-state index contributed by atoms with van der Waals surface area (Å²) in [6.45, 7) is 5.47. The minimum absolute atomic E-state index is 0.0578. The van der Waals surface area contributed by atoms with Gasteiger partial charge in [-0.1, -0.05) is 6.08 Å². The molecule has 2 saturated heterocycles. The molecule has 7 heteroatoms. The average molecular weight is 302 g/mol. The molecule has 6 nitrogen and oxygen atoms in total. The summed E-state index contributed by atoms with van der Waals surface area (Å²) in [4.78, 5) is 13.8. The fourth-order valence-corrected chi connectivity index (χ4v) is 3.96. The molecule has 0 N–H and O–H groups in total. The molecule has 0 unspecified atom stereocenters. The number of fused-ring (bicyclic) bond motifs is 1. The van der Waals surface area contributed by atoms with Gasteiger partial charge in [-0.05, 0) is 12.8 Å². The highest BCUT2D eigenvalue weighted by Gasteiger charge is 2.41. The van der Waals surface area contributed by atoms with Gasteiger partial charge in [-0.25, -0.2) is 8.42 Å². The normalized spacial score (nSPS) is 27.9. The molecule has 2 aliphatic rings. The first-order chi connectivity index (χ1) is 9.43. The molecule has 2 fully saturated rings. The van der Waals surface area contributed by atoms with Crippen LogP contribution in [0.15, 0.2) is 12.7 Å². The fourth-order valence-electron chi connectivity index (χ4n) is 2.86. The smallest absolute Gasteiger partial charge is 0.222 e. The molecule has 0 aliphatic carbocycles. The van der Waals surface area contributed by atoms with Crippen LogP contribution in [0.5, 0.6) is 0 Å². The third kappa shape index (κ3) is 3.39. The molecule has 114 valence electrons. The van der Waals surface area contributed by atoms with Crippen LogP contribution in [0.3, 0.4) is 0 Å². The van der Waals surface area contributed by atoms with Crippen molar-refractivity contribution in [1.82, 2.24) is 9.21 Å². The number of amides is 1. The first-order valence-electron chi connectivity index (χ1n) is 6.90. The number of sulfonamides is 1. The number of hydrogen-bond acceptors (Lipinski definition) is 4. The van der Waals surface area contributed by atoms with Crippen molar-refractivity contribution >= 4 is 15.9 Å². The Labute approximate surface area is 120 Å². The van der Waals surface area contributed by atoms with Crippen molar-refractivity contribution in [1.29, 1.82) is 0 Å². The Morgan fingerprint density at radius 1 is 1.45 bits per heavy atom. The number of hydrogen-bond donors (Lipinski definition) is 0. The van der Waals surface area contributed by atoms with Crippen LogP contribution in [0.1, 0.15) is 19.3 Å². The van der Waals surface area contributed by atoms with Gasteiger partial charge in [0.25, 0.3) is 0 Å². The molecule has 0 radical (unpaired) electrons. The Bertz CT molecular complexity index is 477. The van der Waals surface area contributed by atoms with Gasteiger partial charge < -0.3 is 9.64 Å². The minimum Gasteiger partial charge on any atom is -0.375 e. The van der Waals surface area contributed by atoms with E-state index in [4.69, 9.17) is 4.74 Å². The Balaban J connectivity index is 2.07. The maximum Gasteiger partial charge on any atom is 0.222 e. The lowest BCUT2D eigenvalue weighted by molar-refractivity contribution is -0.138. The van der Waals surface area contributed by atoms with Crippen molar-refractivity contribution in [2.75, 3.05) is 32.5 Å². The maximum absolute atomic E-state index is 12.1.